The molecule has 0 spiro atoms. The zero-order valence-electron chi connectivity index (χ0n) is 17.8. The molecule has 5 nitrogen and oxygen atoms in total. The second kappa shape index (κ2) is 9.60. The van der Waals surface area contributed by atoms with Gasteiger partial charge in [0.2, 0.25) is 0 Å². The third-order valence-electron chi connectivity index (χ3n) is 5.12. The maximum Gasteiger partial charge on any atom is 0.338 e. The zero-order chi connectivity index (χ0) is 22.8. The Kier molecular flexibility index (Phi) is 6.83. The van der Waals surface area contributed by atoms with Crippen LogP contribution in [0.15, 0.2) is 79.0 Å². The number of esters is 1. The third kappa shape index (κ3) is 4.40. The van der Waals surface area contributed by atoms with Crippen LogP contribution in [-0.2, 0) is 9.53 Å². The molecule has 1 aromatic heterocycles. The normalized spacial score (nSPS) is 16.0. The molecule has 32 heavy (non-hydrogen) atoms. The van der Waals surface area contributed by atoms with Crippen molar-refractivity contribution in [1.29, 1.82) is 0 Å². The zero-order valence-corrected chi connectivity index (χ0v) is 21.0. The number of thiazole rings is 1. The molecule has 164 valence electrons. The summed E-state index contributed by atoms with van der Waals surface area (Å²) < 4.78 is 8.48. The van der Waals surface area contributed by atoms with E-state index in [0.29, 0.717) is 20.6 Å². The Morgan fingerprint density at radius 3 is 2.53 bits per heavy atom. The number of hydrogen-bond acceptors (Lipinski definition) is 6. The largest absolute Gasteiger partial charge is 0.463 e. The molecule has 1 unspecified atom stereocenters. The fourth-order valence-corrected chi connectivity index (χ4v) is 5.32. The Hall–Kier alpha value is -2.42. The van der Waals surface area contributed by atoms with Gasteiger partial charge in [-0.2, -0.15) is 0 Å². The Balaban J connectivity index is 1.93. The Labute approximate surface area is 202 Å². The minimum atomic E-state index is -0.590. The van der Waals surface area contributed by atoms with E-state index in [9.17, 15) is 9.59 Å². The van der Waals surface area contributed by atoms with Crippen LogP contribution in [0.25, 0.3) is 6.08 Å². The summed E-state index contributed by atoms with van der Waals surface area (Å²) in [6.45, 7) is 3.81. The fourth-order valence-electron chi connectivity index (χ4n) is 3.60. The predicted molar refractivity (Wildman–Crippen MR) is 133 cm³/mol. The summed E-state index contributed by atoms with van der Waals surface area (Å²) in [4.78, 5) is 32.7. The molecule has 1 aliphatic rings. The van der Waals surface area contributed by atoms with E-state index < -0.39 is 12.0 Å². The molecular weight excluding hydrogens is 508 g/mol. The number of aromatic nitrogens is 1. The number of benzene rings is 2. The van der Waals surface area contributed by atoms with Crippen LogP contribution in [0.3, 0.4) is 0 Å². The molecule has 0 aliphatic carbocycles. The van der Waals surface area contributed by atoms with Gasteiger partial charge in [-0.1, -0.05) is 51.5 Å². The smallest absolute Gasteiger partial charge is 0.338 e. The molecule has 2 heterocycles. The van der Waals surface area contributed by atoms with Crippen molar-refractivity contribution in [3.05, 3.63) is 95.1 Å². The molecule has 0 amide bonds. The molecule has 8 heteroatoms. The summed E-state index contributed by atoms with van der Waals surface area (Å²) in [6.07, 6.45) is 3.86. The highest BCUT2D eigenvalue weighted by atomic mass is 79.9. The molecule has 0 bridgehead atoms. The molecule has 0 radical (unpaired) electrons. The molecule has 0 saturated carbocycles. The number of carbonyl (C=O) groups excluding carboxylic acids is 1. The van der Waals surface area contributed by atoms with Gasteiger partial charge in [0.1, 0.15) is 0 Å². The van der Waals surface area contributed by atoms with Gasteiger partial charge in [-0.15, -0.1) is 11.8 Å². The van der Waals surface area contributed by atoms with E-state index in [4.69, 9.17) is 4.74 Å². The lowest BCUT2D eigenvalue weighted by atomic mass is 9.96. The first kappa shape index (κ1) is 22.8. The molecular formula is C24H21BrN2O3S2. The van der Waals surface area contributed by atoms with Crippen LogP contribution in [0.2, 0.25) is 0 Å². The minimum Gasteiger partial charge on any atom is -0.463 e. The highest BCUT2D eigenvalue weighted by molar-refractivity contribution is 9.10. The summed E-state index contributed by atoms with van der Waals surface area (Å²) in [5.41, 5.74) is 2.55. The molecule has 0 fully saturated rings. The average molecular weight is 529 g/mol. The SMILES string of the molecule is CCOC(=O)C1=C(C)N=c2s/c(=C/c3ccc(Br)cc3)c(=O)n2C1c1ccc(SC)cc1. The number of thioether (sulfide) groups is 1. The van der Waals surface area contributed by atoms with Gasteiger partial charge in [-0.3, -0.25) is 9.36 Å². The number of carbonyl (C=O) groups is 1. The van der Waals surface area contributed by atoms with Gasteiger partial charge in [0.15, 0.2) is 4.80 Å². The van der Waals surface area contributed by atoms with E-state index in [1.54, 1.807) is 30.2 Å². The van der Waals surface area contributed by atoms with Crippen LogP contribution in [-0.4, -0.2) is 23.4 Å². The van der Waals surface area contributed by atoms with E-state index in [0.717, 1.165) is 20.5 Å². The average Bonchev–Trinajstić information content (AvgIpc) is 3.09. The number of fused-ring (bicyclic) bond motifs is 1. The summed E-state index contributed by atoms with van der Waals surface area (Å²) in [6, 6.07) is 15.1. The summed E-state index contributed by atoms with van der Waals surface area (Å²) in [7, 11) is 0. The molecule has 2 aromatic carbocycles. The molecule has 1 aliphatic heterocycles. The van der Waals surface area contributed by atoms with E-state index in [2.05, 4.69) is 20.9 Å². The lowest BCUT2D eigenvalue weighted by Crippen LogP contribution is -2.39. The van der Waals surface area contributed by atoms with E-state index in [1.165, 1.54) is 11.3 Å². The predicted octanol–water partition coefficient (Wildman–Crippen LogP) is 4.28. The maximum atomic E-state index is 13.5. The second-order valence-corrected chi connectivity index (χ2v) is 9.93. The maximum absolute atomic E-state index is 13.5. The van der Waals surface area contributed by atoms with Crippen LogP contribution < -0.4 is 14.9 Å². The van der Waals surface area contributed by atoms with Crippen molar-refractivity contribution in [3.8, 4) is 0 Å². The Morgan fingerprint density at radius 2 is 1.91 bits per heavy atom. The number of rotatable bonds is 5. The first-order valence-electron chi connectivity index (χ1n) is 10.0. The second-order valence-electron chi connectivity index (χ2n) is 7.13. The lowest BCUT2D eigenvalue weighted by molar-refractivity contribution is -0.139. The van der Waals surface area contributed by atoms with Crippen molar-refractivity contribution in [2.45, 2.75) is 24.8 Å². The van der Waals surface area contributed by atoms with Crippen LogP contribution in [0.5, 0.6) is 0 Å². The highest BCUT2D eigenvalue weighted by Gasteiger charge is 2.33. The summed E-state index contributed by atoms with van der Waals surface area (Å²) in [5, 5.41) is 0. The quantitative estimate of drug-likeness (QED) is 0.366. The van der Waals surface area contributed by atoms with Gasteiger partial charge in [0, 0.05) is 9.37 Å². The third-order valence-corrected chi connectivity index (χ3v) is 7.37. The van der Waals surface area contributed by atoms with Crippen LogP contribution in [0.4, 0.5) is 0 Å². The van der Waals surface area contributed by atoms with Gasteiger partial charge in [-0.05, 0) is 61.6 Å². The van der Waals surface area contributed by atoms with Crippen LogP contribution >= 0.6 is 39.0 Å². The van der Waals surface area contributed by atoms with Gasteiger partial charge < -0.3 is 4.74 Å². The van der Waals surface area contributed by atoms with Crippen LogP contribution in [0, 0.1) is 0 Å². The monoisotopic (exact) mass is 528 g/mol. The van der Waals surface area contributed by atoms with Crippen molar-refractivity contribution in [2.75, 3.05) is 12.9 Å². The lowest BCUT2D eigenvalue weighted by Gasteiger charge is -2.24. The van der Waals surface area contributed by atoms with Gasteiger partial charge in [-0.25, -0.2) is 9.79 Å². The van der Waals surface area contributed by atoms with Crippen molar-refractivity contribution >= 4 is 51.1 Å². The Morgan fingerprint density at radius 1 is 1.22 bits per heavy atom. The summed E-state index contributed by atoms with van der Waals surface area (Å²) >= 11 is 6.39. The topological polar surface area (TPSA) is 60.7 Å². The molecule has 0 saturated heterocycles. The first-order valence-corrected chi connectivity index (χ1v) is 12.9. The molecule has 1 atom stereocenters. The first-order chi connectivity index (χ1) is 15.4. The fraction of sp³-hybridized carbons (Fsp3) is 0.208. The van der Waals surface area contributed by atoms with E-state index in [-0.39, 0.29) is 12.2 Å². The van der Waals surface area contributed by atoms with Gasteiger partial charge in [0.25, 0.3) is 5.56 Å². The van der Waals surface area contributed by atoms with Gasteiger partial charge >= 0.3 is 5.97 Å². The highest BCUT2D eigenvalue weighted by Crippen LogP contribution is 2.31. The van der Waals surface area contributed by atoms with E-state index in [1.807, 2.05) is 60.9 Å². The van der Waals surface area contributed by atoms with E-state index >= 15 is 0 Å². The molecule has 0 N–H and O–H groups in total. The number of hydrogen-bond donors (Lipinski definition) is 0. The number of halogens is 1. The van der Waals surface area contributed by atoms with Crippen molar-refractivity contribution in [1.82, 2.24) is 4.57 Å². The van der Waals surface area contributed by atoms with Crippen molar-refractivity contribution < 1.29 is 9.53 Å². The van der Waals surface area contributed by atoms with Gasteiger partial charge in [0.05, 0.1) is 28.5 Å². The summed E-state index contributed by atoms with van der Waals surface area (Å²) in [5.74, 6) is -0.449. The molecule has 4 rings (SSSR count). The van der Waals surface area contributed by atoms with Crippen molar-refractivity contribution in [3.63, 3.8) is 0 Å². The standard InChI is InChI=1S/C24H21BrN2O3S2/c1-4-30-23(29)20-14(2)26-24-27(21(20)16-7-11-18(31-3)12-8-16)22(28)19(32-24)13-15-5-9-17(25)10-6-15/h5-13,21H,4H2,1-3H3/b19-13+. The number of allylic oxidation sites excluding steroid dienone is 1. The van der Waals surface area contributed by atoms with Crippen molar-refractivity contribution in [2.24, 2.45) is 4.99 Å². The number of nitrogens with zero attached hydrogens (tertiary/aromatic N) is 2. The van der Waals surface area contributed by atoms with Crippen LogP contribution in [0.1, 0.15) is 31.0 Å². The minimum absolute atomic E-state index is 0.176. The molecule has 3 aromatic rings. The Bertz CT molecular complexity index is 1370. The number of ether oxygens (including phenoxy) is 1.